The van der Waals surface area contributed by atoms with E-state index in [4.69, 9.17) is 10.2 Å². The van der Waals surface area contributed by atoms with Gasteiger partial charge in [0.1, 0.15) is 0 Å². The molecule has 0 heterocycles. The molecule has 0 amide bonds. The van der Waals surface area contributed by atoms with Gasteiger partial charge in [0.15, 0.2) is 0 Å². The van der Waals surface area contributed by atoms with Crippen LogP contribution in [0.15, 0.2) is 12.7 Å². The highest BCUT2D eigenvalue weighted by Crippen LogP contribution is 1.90. The van der Waals surface area contributed by atoms with Crippen molar-refractivity contribution in [2.24, 2.45) is 0 Å². The Labute approximate surface area is 55.0 Å². The van der Waals surface area contributed by atoms with Crippen molar-refractivity contribution in [3.63, 3.8) is 0 Å². The molecule has 2 unspecified atom stereocenters. The smallest absolute Gasteiger partial charge is 0.0989 e. The summed E-state index contributed by atoms with van der Waals surface area (Å²) in [6.45, 7) is 3.71. The predicted molar refractivity (Wildman–Crippen MR) is 36.1 cm³/mol. The summed E-state index contributed by atoms with van der Waals surface area (Å²) in [5.41, 5.74) is 0. The molecule has 2 atom stereocenters. The lowest BCUT2D eigenvalue weighted by Crippen LogP contribution is -2.33. The fourth-order valence-electron chi connectivity index (χ4n) is 0.487. The molecule has 0 bridgehead atoms. The van der Waals surface area contributed by atoms with Crippen molar-refractivity contribution in [1.82, 2.24) is 5.32 Å². The molecule has 0 spiro atoms. The van der Waals surface area contributed by atoms with Gasteiger partial charge in [0.05, 0.1) is 12.2 Å². The van der Waals surface area contributed by atoms with Crippen LogP contribution in [0.3, 0.4) is 0 Å². The largest absolute Gasteiger partial charge is 0.389 e. The molecule has 0 saturated carbocycles. The minimum absolute atomic E-state index is 0.382. The van der Waals surface area contributed by atoms with Crippen molar-refractivity contribution in [1.29, 1.82) is 0 Å². The maximum Gasteiger partial charge on any atom is 0.0989 e. The summed E-state index contributed by atoms with van der Waals surface area (Å²) >= 11 is 0. The highest BCUT2D eigenvalue weighted by atomic mass is 16.3. The fraction of sp³-hybridized carbons (Fsp3) is 0.667. The van der Waals surface area contributed by atoms with E-state index in [1.165, 1.54) is 6.08 Å². The first kappa shape index (κ1) is 8.62. The van der Waals surface area contributed by atoms with Gasteiger partial charge in [0.25, 0.3) is 0 Å². The standard InChI is InChI=1S/C6H13NO2/c1-3-5(8)6(9)4-7-2/h3,5-9H,1,4H2,2H3. The van der Waals surface area contributed by atoms with Crippen LogP contribution in [0.5, 0.6) is 0 Å². The molecule has 9 heavy (non-hydrogen) atoms. The maximum atomic E-state index is 8.93. The number of hydrogen-bond donors (Lipinski definition) is 3. The van der Waals surface area contributed by atoms with Crippen molar-refractivity contribution in [2.45, 2.75) is 12.2 Å². The number of nitrogens with one attached hydrogen (secondary N) is 1. The van der Waals surface area contributed by atoms with Crippen LogP contribution in [-0.4, -0.2) is 36.0 Å². The van der Waals surface area contributed by atoms with Gasteiger partial charge in [0, 0.05) is 6.54 Å². The van der Waals surface area contributed by atoms with Gasteiger partial charge in [-0.15, -0.1) is 6.58 Å². The van der Waals surface area contributed by atoms with E-state index in [1.807, 2.05) is 0 Å². The Bertz CT molecular complexity index is 85.1. The maximum absolute atomic E-state index is 8.93. The third-order valence-electron chi connectivity index (χ3n) is 1.05. The van der Waals surface area contributed by atoms with E-state index in [9.17, 15) is 0 Å². The summed E-state index contributed by atoms with van der Waals surface area (Å²) in [6, 6.07) is 0. The van der Waals surface area contributed by atoms with Gasteiger partial charge in [0.2, 0.25) is 0 Å². The number of aliphatic hydroxyl groups is 2. The molecule has 0 aromatic rings. The Morgan fingerprint density at radius 3 is 2.56 bits per heavy atom. The average Bonchev–Trinajstić information content (AvgIpc) is 1.87. The van der Waals surface area contributed by atoms with Crippen LogP contribution in [0.2, 0.25) is 0 Å². The van der Waals surface area contributed by atoms with Crippen LogP contribution in [0.1, 0.15) is 0 Å². The van der Waals surface area contributed by atoms with Gasteiger partial charge in [-0.3, -0.25) is 0 Å². The molecule has 0 fully saturated rings. The van der Waals surface area contributed by atoms with E-state index in [2.05, 4.69) is 11.9 Å². The molecule has 3 heteroatoms. The second-order valence-corrected chi connectivity index (χ2v) is 1.85. The van der Waals surface area contributed by atoms with Gasteiger partial charge in [-0.25, -0.2) is 0 Å². The van der Waals surface area contributed by atoms with E-state index in [-0.39, 0.29) is 0 Å². The van der Waals surface area contributed by atoms with Gasteiger partial charge in [-0.1, -0.05) is 6.08 Å². The minimum atomic E-state index is -0.822. The summed E-state index contributed by atoms with van der Waals surface area (Å²) < 4.78 is 0. The molecule has 3 nitrogen and oxygen atoms in total. The van der Waals surface area contributed by atoms with Crippen LogP contribution < -0.4 is 5.32 Å². The summed E-state index contributed by atoms with van der Waals surface area (Å²) in [6.07, 6.45) is -0.257. The summed E-state index contributed by atoms with van der Waals surface area (Å²) in [7, 11) is 1.71. The quantitative estimate of drug-likeness (QED) is 0.434. The predicted octanol–water partition coefficient (Wildman–Crippen LogP) is -0.886. The number of likely N-dealkylation sites (N-methyl/N-ethyl adjacent to an activating group) is 1. The van der Waals surface area contributed by atoms with Crippen LogP contribution in [0.4, 0.5) is 0 Å². The van der Waals surface area contributed by atoms with Crippen molar-refractivity contribution >= 4 is 0 Å². The van der Waals surface area contributed by atoms with E-state index >= 15 is 0 Å². The second-order valence-electron chi connectivity index (χ2n) is 1.85. The zero-order chi connectivity index (χ0) is 7.28. The van der Waals surface area contributed by atoms with E-state index in [1.54, 1.807) is 7.05 Å². The first-order chi connectivity index (χ1) is 4.22. The molecular weight excluding hydrogens is 118 g/mol. The molecule has 0 rings (SSSR count). The summed E-state index contributed by atoms with van der Waals surface area (Å²) in [4.78, 5) is 0. The highest BCUT2D eigenvalue weighted by molar-refractivity contribution is 4.84. The third kappa shape index (κ3) is 3.24. The Kier molecular flexibility index (Phi) is 4.30. The van der Waals surface area contributed by atoms with Gasteiger partial charge in [-0.2, -0.15) is 0 Å². The lowest BCUT2D eigenvalue weighted by atomic mass is 10.2. The van der Waals surface area contributed by atoms with Crippen LogP contribution in [-0.2, 0) is 0 Å². The molecule has 0 aliphatic heterocycles. The minimum Gasteiger partial charge on any atom is -0.389 e. The normalized spacial score (nSPS) is 16.8. The lowest BCUT2D eigenvalue weighted by Gasteiger charge is -2.12. The highest BCUT2D eigenvalue weighted by Gasteiger charge is 2.09. The van der Waals surface area contributed by atoms with Gasteiger partial charge >= 0.3 is 0 Å². The van der Waals surface area contributed by atoms with Crippen molar-refractivity contribution in [2.75, 3.05) is 13.6 Å². The van der Waals surface area contributed by atoms with E-state index < -0.39 is 12.2 Å². The second kappa shape index (κ2) is 4.49. The Morgan fingerprint density at radius 2 is 2.22 bits per heavy atom. The molecular formula is C6H13NO2. The monoisotopic (exact) mass is 131 g/mol. The first-order valence-corrected chi connectivity index (χ1v) is 2.85. The first-order valence-electron chi connectivity index (χ1n) is 2.85. The Hall–Kier alpha value is -0.380. The topological polar surface area (TPSA) is 52.5 Å². The fourth-order valence-corrected chi connectivity index (χ4v) is 0.487. The van der Waals surface area contributed by atoms with E-state index in [0.717, 1.165) is 0 Å². The van der Waals surface area contributed by atoms with Crippen molar-refractivity contribution in [3.05, 3.63) is 12.7 Å². The zero-order valence-electron chi connectivity index (χ0n) is 5.54. The molecule has 0 aromatic carbocycles. The van der Waals surface area contributed by atoms with Crippen LogP contribution in [0, 0.1) is 0 Å². The number of aliphatic hydroxyl groups excluding tert-OH is 2. The lowest BCUT2D eigenvalue weighted by molar-refractivity contribution is 0.0506. The third-order valence-corrected chi connectivity index (χ3v) is 1.05. The molecule has 0 aliphatic carbocycles. The van der Waals surface area contributed by atoms with Crippen molar-refractivity contribution in [3.8, 4) is 0 Å². The molecule has 0 radical (unpaired) electrons. The summed E-state index contributed by atoms with van der Waals surface area (Å²) in [5, 5.41) is 20.5. The molecule has 3 N–H and O–H groups in total. The number of rotatable bonds is 4. The molecule has 0 aromatic heterocycles. The summed E-state index contributed by atoms with van der Waals surface area (Å²) in [5.74, 6) is 0. The van der Waals surface area contributed by atoms with Crippen LogP contribution in [0.25, 0.3) is 0 Å². The Balaban J connectivity index is 3.44. The van der Waals surface area contributed by atoms with E-state index in [0.29, 0.717) is 6.54 Å². The molecule has 0 aliphatic rings. The Morgan fingerprint density at radius 1 is 1.67 bits per heavy atom. The van der Waals surface area contributed by atoms with Crippen molar-refractivity contribution < 1.29 is 10.2 Å². The number of hydrogen-bond acceptors (Lipinski definition) is 3. The zero-order valence-corrected chi connectivity index (χ0v) is 5.54. The average molecular weight is 131 g/mol. The van der Waals surface area contributed by atoms with Crippen LogP contribution >= 0.6 is 0 Å². The SMILES string of the molecule is C=CC(O)C(O)CNC. The molecule has 0 saturated heterocycles. The van der Waals surface area contributed by atoms with Gasteiger partial charge < -0.3 is 15.5 Å². The molecule has 54 valence electrons. The van der Waals surface area contributed by atoms with Gasteiger partial charge in [-0.05, 0) is 7.05 Å².